The van der Waals surface area contributed by atoms with Crippen LogP contribution in [0.3, 0.4) is 0 Å². The first-order valence-electron chi connectivity index (χ1n) is 8.57. The maximum atomic E-state index is 14.0. The summed E-state index contributed by atoms with van der Waals surface area (Å²) in [4.78, 5) is 15.1. The SMILES string of the molecule is Cn1c(C(=O)N[C@H]2CN3CCC2CC3)ccc1-c1ccccc1F. The highest BCUT2D eigenvalue weighted by atomic mass is 19.1. The summed E-state index contributed by atoms with van der Waals surface area (Å²) in [5.41, 5.74) is 1.80. The van der Waals surface area contributed by atoms with Gasteiger partial charge in [0.05, 0.1) is 5.69 Å². The van der Waals surface area contributed by atoms with Crippen molar-refractivity contribution in [2.75, 3.05) is 19.6 Å². The number of piperidine rings is 3. The highest BCUT2D eigenvalue weighted by Crippen LogP contribution is 2.28. The molecule has 1 N–H and O–H groups in total. The lowest BCUT2D eigenvalue weighted by Crippen LogP contribution is -2.57. The highest BCUT2D eigenvalue weighted by molar-refractivity contribution is 5.94. The van der Waals surface area contributed by atoms with Crippen LogP contribution in [0.4, 0.5) is 4.39 Å². The Morgan fingerprint density at radius 2 is 1.92 bits per heavy atom. The molecular formula is C19H22FN3O. The monoisotopic (exact) mass is 327 g/mol. The fourth-order valence-corrected chi connectivity index (χ4v) is 4.05. The van der Waals surface area contributed by atoms with Gasteiger partial charge in [0.25, 0.3) is 5.91 Å². The van der Waals surface area contributed by atoms with E-state index in [0.717, 1.165) is 19.6 Å². The van der Waals surface area contributed by atoms with Crippen LogP contribution in [0, 0.1) is 11.7 Å². The van der Waals surface area contributed by atoms with E-state index in [2.05, 4.69) is 10.2 Å². The molecule has 3 aliphatic rings. The Morgan fingerprint density at radius 1 is 1.17 bits per heavy atom. The van der Waals surface area contributed by atoms with E-state index in [0.29, 0.717) is 22.9 Å². The van der Waals surface area contributed by atoms with E-state index in [-0.39, 0.29) is 17.8 Å². The molecule has 2 aromatic rings. The van der Waals surface area contributed by atoms with E-state index < -0.39 is 0 Å². The molecular weight excluding hydrogens is 305 g/mol. The van der Waals surface area contributed by atoms with Crippen LogP contribution in [0.1, 0.15) is 23.3 Å². The number of nitrogens with one attached hydrogen (secondary N) is 1. The number of halogens is 1. The van der Waals surface area contributed by atoms with Gasteiger partial charge < -0.3 is 14.8 Å². The van der Waals surface area contributed by atoms with Crippen molar-refractivity contribution in [2.45, 2.75) is 18.9 Å². The molecule has 2 bridgehead atoms. The number of nitrogens with zero attached hydrogens (tertiary/aromatic N) is 2. The number of aromatic nitrogens is 1. The van der Waals surface area contributed by atoms with Gasteiger partial charge in [-0.05, 0) is 56.1 Å². The molecule has 3 aliphatic heterocycles. The smallest absolute Gasteiger partial charge is 0.268 e. The fraction of sp³-hybridized carbons (Fsp3) is 0.421. The predicted molar refractivity (Wildman–Crippen MR) is 91.2 cm³/mol. The fourth-order valence-electron chi connectivity index (χ4n) is 4.05. The minimum absolute atomic E-state index is 0.0705. The summed E-state index contributed by atoms with van der Waals surface area (Å²) in [6.45, 7) is 3.25. The van der Waals surface area contributed by atoms with E-state index in [1.807, 2.05) is 13.1 Å². The van der Waals surface area contributed by atoms with Crippen LogP contribution in [0.5, 0.6) is 0 Å². The van der Waals surface area contributed by atoms with Gasteiger partial charge in [0, 0.05) is 25.2 Å². The van der Waals surface area contributed by atoms with Gasteiger partial charge in [0.1, 0.15) is 11.5 Å². The van der Waals surface area contributed by atoms with Gasteiger partial charge in [-0.15, -0.1) is 0 Å². The van der Waals surface area contributed by atoms with Crippen molar-refractivity contribution in [2.24, 2.45) is 13.0 Å². The van der Waals surface area contributed by atoms with E-state index in [1.54, 1.807) is 28.8 Å². The third-order valence-corrected chi connectivity index (χ3v) is 5.48. The molecule has 1 amide bonds. The van der Waals surface area contributed by atoms with Crippen LogP contribution in [-0.2, 0) is 7.05 Å². The quantitative estimate of drug-likeness (QED) is 0.941. The van der Waals surface area contributed by atoms with Gasteiger partial charge in [-0.1, -0.05) is 12.1 Å². The van der Waals surface area contributed by atoms with Crippen LogP contribution in [0.2, 0.25) is 0 Å². The Kier molecular flexibility index (Phi) is 3.88. The zero-order chi connectivity index (χ0) is 16.7. The number of benzene rings is 1. The molecule has 0 saturated carbocycles. The van der Waals surface area contributed by atoms with Gasteiger partial charge in [-0.25, -0.2) is 4.39 Å². The normalized spacial score (nSPS) is 25.7. The van der Waals surface area contributed by atoms with Crippen molar-refractivity contribution in [3.63, 3.8) is 0 Å². The molecule has 0 radical (unpaired) electrons. The molecule has 126 valence electrons. The highest BCUT2D eigenvalue weighted by Gasteiger charge is 2.35. The van der Waals surface area contributed by atoms with Crippen molar-refractivity contribution in [1.29, 1.82) is 0 Å². The van der Waals surface area contributed by atoms with Crippen LogP contribution in [0.15, 0.2) is 36.4 Å². The molecule has 0 spiro atoms. The first-order valence-corrected chi connectivity index (χ1v) is 8.57. The maximum Gasteiger partial charge on any atom is 0.268 e. The number of hydrogen-bond acceptors (Lipinski definition) is 2. The van der Waals surface area contributed by atoms with Crippen LogP contribution < -0.4 is 5.32 Å². The number of carbonyl (C=O) groups excluding carboxylic acids is 1. The van der Waals surface area contributed by atoms with Crippen molar-refractivity contribution < 1.29 is 9.18 Å². The van der Waals surface area contributed by atoms with Gasteiger partial charge >= 0.3 is 0 Å². The number of hydrogen-bond donors (Lipinski definition) is 1. The topological polar surface area (TPSA) is 37.3 Å². The second-order valence-electron chi connectivity index (χ2n) is 6.86. The third-order valence-electron chi connectivity index (χ3n) is 5.48. The van der Waals surface area contributed by atoms with Crippen molar-refractivity contribution in [3.8, 4) is 11.3 Å². The zero-order valence-electron chi connectivity index (χ0n) is 13.8. The van der Waals surface area contributed by atoms with Crippen molar-refractivity contribution in [1.82, 2.24) is 14.8 Å². The van der Waals surface area contributed by atoms with E-state index in [1.165, 1.54) is 18.9 Å². The minimum atomic E-state index is -0.275. The lowest BCUT2D eigenvalue weighted by atomic mass is 9.84. The molecule has 3 fully saturated rings. The van der Waals surface area contributed by atoms with Gasteiger partial charge in [-0.2, -0.15) is 0 Å². The molecule has 5 heteroatoms. The van der Waals surface area contributed by atoms with Crippen molar-refractivity contribution >= 4 is 5.91 Å². The first kappa shape index (κ1) is 15.4. The summed E-state index contributed by atoms with van der Waals surface area (Å²) in [6, 6.07) is 10.5. The van der Waals surface area contributed by atoms with E-state index in [9.17, 15) is 9.18 Å². The Bertz CT molecular complexity index is 762. The summed E-state index contributed by atoms with van der Waals surface area (Å²) in [7, 11) is 1.81. The first-order chi connectivity index (χ1) is 11.6. The molecule has 5 rings (SSSR count). The number of amides is 1. The van der Waals surface area contributed by atoms with Crippen LogP contribution >= 0.6 is 0 Å². The summed E-state index contributed by atoms with van der Waals surface area (Å²) >= 11 is 0. The minimum Gasteiger partial charge on any atom is -0.346 e. The number of fused-ring (bicyclic) bond motifs is 3. The average molecular weight is 327 g/mol. The van der Waals surface area contributed by atoms with Gasteiger partial charge in [0.2, 0.25) is 0 Å². The maximum absolute atomic E-state index is 14.0. The largest absolute Gasteiger partial charge is 0.346 e. The average Bonchev–Trinajstić information content (AvgIpc) is 2.98. The zero-order valence-corrected chi connectivity index (χ0v) is 13.8. The lowest BCUT2D eigenvalue weighted by Gasteiger charge is -2.44. The molecule has 4 heterocycles. The van der Waals surface area contributed by atoms with Gasteiger partial charge in [0.15, 0.2) is 0 Å². The van der Waals surface area contributed by atoms with Crippen LogP contribution in [0.25, 0.3) is 11.3 Å². The van der Waals surface area contributed by atoms with Gasteiger partial charge in [-0.3, -0.25) is 4.79 Å². The second kappa shape index (κ2) is 6.06. The third kappa shape index (κ3) is 2.63. The van der Waals surface area contributed by atoms with Crippen LogP contribution in [-0.4, -0.2) is 41.1 Å². The molecule has 24 heavy (non-hydrogen) atoms. The lowest BCUT2D eigenvalue weighted by molar-refractivity contribution is 0.0616. The second-order valence-corrected chi connectivity index (χ2v) is 6.86. The Labute approximate surface area is 141 Å². The molecule has 4 nitrogen and oxygen atoms in total. The Morgan fingerprint density at radius 3 is 2.58 bits per heavy atom. The summed E-state index contributed by atoms with van der Waals surface area (Å²) in [5.74, 6) is 0.243. The number of rotatable bonds is 3. The summed E-state index contributed by atoms with van der Waals surface area (Å²) in [5, 5.41) is 3.19. The molecule has 1 atom stereocenters. The molecule has 0 unspecified atom stereocenters. The molecule has 1 aromatic heterocycles. The molecule has 0 aliphatic carbocycles. The summed E-state index contributed by atoms with van der Waals surface area (Å²) < 4.78 is 15.8. The molecule has 3 saturated heterocycles. The predicted octanol–water partition coefficient (Wildman–Crippen LogP) is 2.66. The summed E-state index contributed by atoms with van der Waals surface area (Å²) in [6.07, 6.45) is 2.33. The van der Waals surface area contributed by atoms with E-state index in [4.69, 9.17) is 0 Å². The van der Waals surface area contributed by atoms with Crippen molar-refractivity contribution in [3.05, 3.63) is 47.9 Å². The van der Waals surface area contributed by atoms with E-state index >= 15 is 0 Å². The Balaban J connectivity index is 1.55. The standard InChI is InChI=1S/C19H22FN3O/c1-22-17(14-4-2-3-5-15(14)20)6-7-18(22)19(24)21-16-12-23-10-8-13(16)9-11-23/h2-7,13,16H,8-12H2,1H3,(H,21,24)/t16-/m0/s1. The molecule has 1 aromatic carbocycles. The Hall–Kier alpha value is -2.14. The number of carbonyl (C=O) groups is 1.